The second-order valence-electron chi connectivity index (χ2n) is 4.33. The molecule has 6 heteroatoms. The van der Waals surface area contributed by atoms with Crippen molar-refractivity contribution in [3.8, 4) is 0 Å². The topological polar surface area (TPSA) is 76.7 Å². The fraction of sp³-hybridized carbons (Fsp3) is 0.800. The van der Waals surface area contributed by atoms with Crippen molar-refractivity contribution >= 4 is 23.5 Å². The van der Waals surface area contributed by atoms with Gasteiger partial charge in [0.25, 0.3) is 0 Å². The molecule has 0 aromatic heterocycles. The van der Waals surface area contributed by atoms with Crippen molar-refractivity contribution in [1.82, 2.24) is 5.32 Å². The Morgan fingerprint density at radius 1 is 1.62 bits per heavy atom. The molecule has 0 aliphatic heterocycles. The molecule has 0 bridgehead atoms. The van der Waals surface area contributed by atoms with E-state index in [9.17, 15) is 4.79 Å². The molecule has 0 aliphatic carbocycles. The van der Waals surface area contributed by atoms with E-state index in [1.807, 2.05) is 20.8 Å². The molecule has 3 N–H and O–H groups in total. The van der Waals surface area contributed by atoms with E-state index >= 15 is 0 Å². The van der Waals surface area contributed by atoms with Gasteiger partial charge in [-0.2, -0.15) is 0 Å². The van der Waals surface area contributed by atoms with Crippen LogP contribution in [0.15, 0.2) is 4.99 Å². The van der Waals surface area contributed by atoms with Gasteiger partial charge in [0.15, 0.2) is 0 Å². The SMILES string of the molecule is CC(C)(C)OC(=O)NCCC(CN)N=C=S. The van der Waals surface area contributed by atoms with E-state index in [4.69, 9.17) is 10.5 Å². The average molecular weight is 245 g/mol. The maximum Gasteiger partial charge on any atom is 0.407 e. The molecule has 5 nitrogen and oxygen atoms in total. The quantitative estimate of drug-likeness (QED) is 0.566. The van der Waals surface area contributed by atoms with Crippen LogP contribution < -0.4 is 11.1 Å². The minimum atomic E-state index is -0.482. The summed E-state index contributed by atoms with van der Waals surface area (Å²) >= 11 is 4.48. The Labute approximate surface area is 101 Å². The predicted octanol–water partition coefficient (Wildman–Crippen LogP) is 1.33. The zero-order valence-corrected chi connectivity index (χ0v) is 10.8. The highest BCUT2D eigenvalue weighted by Crippen LogP contribution is 2.06. The summed E-state index contributed by atoms with van der Waals surface area (Å²) in [6, 6.07) is -0.0903. The predicted molar refractivity (Wildman–Crippen MR) is 66.7 cm³/mol. The number of ether oxygens (including phenoxy) is 1. The summed E-state index contributed by atoms with van der Waals surface area (Å²) in [6.07, 6.45) is 0.189. The molecule has 0 heterocycles. The molecule has 0 fully saturated rings. The molecule has 0 rings (SSSR count). The average Bonchev–Trinajstić information content (AvgIpc) is 2.13. The largest absolute Gasteiger partial charge is 0.444 e. The summed E-state index contributed by atoms with van der Waals surface area (Å²) in [5.41, 5.74) is 4.97. The molecular weight excluding hydrogens is 226 g/mol. The second-order valence-corrected chi connectivity index (χ2v) is 4.51. The van der Waals surface area contributed by atoms with Crippen molar-refractivity contribution in [2.75, 3.05) is 13.1 Å². The summed E-state index contributed by atoms with van der Waals surface area (Å²) in [5, 5.41) is 4.90. The van der Waals surface area contributed by atoms with E-state index in [0.29, 0.717) is 19.5 Å². The van der Waals surface area contributed by atoms with Crippen LogP contribution in [0.2, 0.25) is 0 Å². The van der Waals surface area contributed by atoms with Gasteiger partial charge in [-0.05, 0) is 39.4 Å². The van der Waals surface area contributed by atoms with Crippen molar-refractivity contribution < 1.29 is 9.53 Å². The molecule has 1 amide bonds. The lowest BCUT2D eigenvalue weighted by molar-refractivity contribution is 0.0526. The third kappa shape index (κ3) is 8.35. The van der Waals surface area contributed by atoms with Crippen LogP contribution in [0.1, 0.15) is 27.2 Å². The molecular formula is C10H19N3O2S. The van der Waals surface area contributed by atoms with Crippen molar-refractivity contribution in [3.05, 3.63) is 0 Å². The van der Waals surface area contributed by atoms with Crippen LogP contribution in [-0.2, 0) is 4.74 Å². The summed E-state index contributed by atoms with van der Waals surface area (Å²) in [6.45, 7) is 6.28. The van der Waals surface area contributed by atoms with E-state index < -0.39 is 11.7 Å². The highest BCUT2D eigenvalue weighted by atomic mass is 32.1. The molecule has 0 spiro atoms. The zero-order chi connectivity index (χ0) is 12.6. The van der Waals surface area contributed by atoms with Crippen molar-refractivity contribution in [2.24, 2.45) is 10.7 Å². The number of thiocarbonyl (C=S) groups is 1. The van der Waals surface area contributed by atoms with Gasteiger partial charge in [0.05, 0.1) is 11.2 Å². The highest BCUT2D eigenvalue weighted by molar-refractivity contribution is 7.78. The normalized spacial score (nSPS) is 12.5. The van der Waals surface area contributed by atoms with Gasteiger partial charge in [-0.15, -0.1) is 0 Å². The third-order valence-electron chi connectivity index (χ3n) is 1.65. The Morgan fingerprint density at radius 2 is 2.25 bits per heavy atom. The standard InChI is InChI=1S/C10H19N3O2S/c1-10(2,3)15-9(14)12-5-4-8(6-11)13-7-16/h8H,4-6,11H2,1-3H3,(H,12,14). The smallest absolute Gasteiger partial charge is 0.407 e. The Morgan fingerprint density at radius 3 is 2.69 bits per heavy atom. The van der Waals surface area contributed by atoms with Gasteiger partial charge in [-0.3, -0.25) is 0 Å². The molecule has 0 radical (unpaired) electrons. The number of alkyl carbamates (subject to hydrolysis) is 1. The van der Waals surface area contributed by atoms with Crippen molar-refractivity contribution in [2.45, 2.75) is 38.8 Å². The lowest BCUT2D eigenvalue weighted by atomic mass is 10.2. The number of nitrogens with zero attached hydrogens (tertiary/aromatic N) is 1. The first-order valence-corrected chi connectivity index (χ1v) is 5.53. The Bertz CT molecular complexity index is 270. The van der Waals surface area contributed by atoms with Gasteiger partial charge < -0.3 is 15.8 Å². The minimum absolute atomic E-state index is 0.0903. The van der Waals surface area contributed by atoms with Crippen molar-refractivity contribution in [3.63, 3.8) is 0 Å². The maximum absolute atomic E-state index is 11.3. The van der Waals surface area contributed by atoms with E-state index in [1.165, 1.54) is 0 Å². The Balaban J connectivity index is 3.81. The second kappa shape index (κ2) is 7.33. The van der Waals surface area contributed by atoms with Crippen LogP contribution in [0.4, 0.5) is 4.79 Å². The van der Waals surface area contributed by atoms with E-state index in [-0.39, 0.29) is 6.04 Å². The first-order valence-electron chi connectivity index (χ1n) is 5.13. The number of nitrogens with one attached hydrogen (secondary N) is 1. The number of amides is 1. The van der Waals surface area contributed by atoms with Gasteiger partial charge in [-0.1, -0.05) is 0 Å². The number of hydrogen-bond donors (Lipinski definition) is 2. The Kier molecular flexibility index (Phi) is 6.88. The van der Waals surface area contributed by atoms with Crippen LogP contribution in [0, 0.1) is 0 Å². The van der Waals surface area contributed by atoms with E-state index in [1.54, 1.807) is 0 Å². The zero-order valence-electron chi connectivity index (χ0n) is 9.95. The van der Waals surface area contributed by atoms with Crippen LogP contribution in [-0.4, -0.2) is 36.0 Å². The van der Waals surface area contributed by atoms with Gasteiger partial charge in [0, 0.05) is 13.1 Å². The molecule has 16 heavy (non-hydrogen) atoms. The monoisotopic (exact) mass is 245 g/mol. The molecule has 0 aliphatic rings. The summed E-state index contributed by atoms with van der Waals surface area (Å²) in [5.74, 6) is 0. The van der Waals surface area contributed by atoms with E-state index in [0.717, 1.165) is 0 Å². The highest BCUT2D eigenvalue weighted by Gasteiger charge is 2.15. The maximum atomic E-state index is 11.3. The molecule has 0 saturated heterocycles. The number of isothiocyanates is 1. The van der Waals surface area contributed by atoms with E-state index in [2.05, 4.69) is 27.7 Å². The lowest BCUT2D eigenvalue weighted by Gasteiger charge is -2.19. The first kappa shape index (κ1) is 15.0. The fourth-order valence-corrected chi connectivity index (χ4v) is 1.11. The van der Waals surface area contributed by atoms with Gasteiger partial charge in [0.2, 0.25) is 0 Å². The fourth-order valence-electron chi connectivity index (χ4n) is 0.965. The van der Waals surface area contributed by atoms with Crippen LogP contribution in [0.25, 0.3) is 0 Å². The van der Waals surface area contributed by atoms with Crippen LogP contribution >= 0.6 is 12.2 Å². The number of aliphatic imine (C=N–C) groups is 1. The summed E-state index contributed by atoms with van der Waals surface area (Å²) in [4.78, 5) is 15.1. The molecule has 0 saturated carbocycles. The number of rotatable bonds is 5. The Hall–Kier alpha value is -0.970. The minimum Gasteiger partial charge on any atom is -0.444 e. The molecule has 92 valence electrons. The third-order valence-corrected chi connectivity index (χ3v) is 1.76. The lowest BCUT2D eigenvalue weighted by Crippen LogP contribution is -2.34. The van der Waals surface area contributed by atoms with Crippen LogP contribution in [0.5, 0.6) is 0 Å². The summed E-state index contributed by atoms with van der Waals surface area (Å²) in [7, 11) is 0. The van der Waals surface area contributed by atoms with Gasteiger partial charge >= 0.3 is 6.09 Å². The number of carbonyl (C=O) groups is 1. The molecule has 0 aromatic carbocycles. The van der Waals surface area contributed by atoms with Crippen molar-refractivity contribution in [1.29, 1.82) is 0 Å². The number of carbonyl (C=O) groups excluding carboxylic acids is 1. The number of hydrogen-bond acceptors (Lipinski definition) is 5. The first-order chi connectivity index (χ1) is 7.39. The summed E-state index contributed by atoms with van der Waals surface area (Å²) < 4.78 is 5.07. The van der Waals surface area contributed by atoms with Crippen LogP contribution in [0.3, 0.4) is 0 Å². The molecule has 1 unspecified atom stereocenters. The van der Waals surface area contributed by atoms with Gasteiger partial charge in [-0.25, -0.2) is 9.79 Å². The number of nitrogens with two attached hydrogens (primary N) is 1. The molecule has 1 atom stereocenters. The molecule has 0 aromatic rings. The van der Waals surface area contributed by atoms with Gasteiger partial charge in [0.1, 0.15) is 5.60 Å².